The molecule has 0 saturated carbocycles. The van der Waals surface area contributed by atoms with Crippen molar-refractivity contribution in [3.05, 3.63) is 188 Å². The van der Waals surface area contributed by atoms with Crippen LogP contribution in [-0.4, -0.2) is 13.7 Å². The Morgan fingerprint density at radius 1 is 0.255 bits per heavy atom. The van der Waals surface area contributed by atoms with Crippen LogP contribution in [0.3, 0.4) is 0 Å². The Morgan fingerprint density at radius 3 is 1.25 bits per heavy atom. The minimum Gasteiger partial charge on any atom is -0.309 e. The lowest BCUT2D eigenvalue weighted by Crippen LogP contribution is -2.01. The fourth-order valence-electron chi connectivity index (χ4n) is 8.59. The monoisotopic (exact) mass is 649 g/mol. The first-order valence-corrected chi connectivity index (χ1v) is 17.5. The third-order valence-electron chi connectivity index (χ3n) is 10.6. The summed E-state index contributed by atoms with van der Waals surface area (Å²) in [4.78, 5) is 0. The highest BCUT2D eigenvalue weighted by molar-refractivity contribution is 6.26. The first-order chi connectivity index (χ1) is 25.4. The van der Waals surface area contributed by atoms with Gasteiger partial charge in [0.2, 0.25) is 0 Å². The van der Waals surface area contributed by atoms with E-state index >= 15 is 0 Å². The van der Waals surface area contributed by atoms with Gasteiger partial charge in [0.05, 0.1) is 44.5 Å². The molecule has 238 valence electrons. The molecule has 0 atom stereocenters. The zero-order valence-corrected chi connectivity index (χ0v) is 27.7. The maximum atomic E-state index is 2.48. The predicted octanol–water partition coefficient (Wildman–Crippen LogP) is 12.6. The van der Waals surface area contributed by atoms with Gasteiger partial charge in [-0.05, 0) is 54.6 Å². The Balaban J connectivity index is 1.25. The molecule has 0 radical (unpaired) electrons. The SMILES string of the molecule is c1ccc(-n2c3ccccc3c3ccc4c(c5ccccc5n4-c4ccccc4-c4ccccc4-n4c5ccccc5c5ccccc54)c32)cc1. The lowest BCUT2D eigenvalue weighted by Gasteiger charge is -2.18. The summed E-state index contributed by atoms with van der Waals surface area (Å²) in [6.45, 7) is 0. The molecule has 11 rings (SSSR count). The molecule has 51 heavy (non-hydrogen) atoms. The quantitative estimate of drug-likeness (QED) is 0.180. The summed E-state index contributed by atoms with van der Waals surface area (Å²) in [5, 5.41) is 7.54. The summed E-state index contributed by atoms with van der Waals surface area (Å²) < 4.78 is 7.37. The van der Waals surface area contributed by atoms with Crippen LogP contribution in [0.2, 0.25) is 0 Å². The van der Waals surface area contributed by atoms with Crippen LogP contribution in [0.4, 0.5) is 0 Å². The fraction of sp³-hybridized carbons (Fsp3) is 0. The van der Waals surface area contributed by atoms with E-state index in [1.807, 2.05) is 0 Å². The van der Waals surface area contributed by atoms with Crippen LogP contribution >= 0.6 is 0 Å². The van der Waals surface area contributed by atoms with Gasteiger partial charge in [0.25, 0.3) is 0 Å². The molecule has 0 N–H and O–H groups in total. The maximum absolute atomic E-state index is 2.48. The molecule has 3 aromatic heterocycles. The normalized spacial score (nSPS) is 11.9. The number of fused-ring (bicyclic) bond motifs is 10. The number of hydrogen-bond donors (Lipinski definition) is 0. The Hall–Kier alpha value is -6.84. The van der Waals surface area contributed by atoms with E-state index in [4.69, 9.17) is 0 Å². The van der Waals surface area contributed by atoms with E-state index in [0.29, 0.717) is 0 Å². The zero-order chi connectivity index (χ0) is 33.5. The van der Waals surface area contributed by atoms with E-state index in [-0.39, 0.29) is 0 Å². The van der Waals surface area contributed by atoms with Gasteiger partial charge < -0.3 is 13.7 Å². The Bertz CT molecular complexity index is 3080. The molecule has 0 bridgehead atoms. The molecule has 8 aromatic carbocycles. The minimum atomic E-state index is 1.15. The van der Waals surface area contributed by atoms with E-state index in [1.54, 1.807) is 0 Å². The van der Waals surface area contributed by atoms with Crippen molar-refractivity contribution in [1.82, 2.24) is 13.7 Å². The Labute approximate surface area is 294 Å². The second-order valence-electron chi connectivity index (χ2n) is 13.3. The lowest BCUT2D eigenvalue weighted by molar-refractivity contribution is 1.16. The topological polar surface area (TPSA) is 14.8 Å². The molecular weight excluding hydrogens is 619 g/mol. The van der Waals surface area contributed by atoms with Gasteiger partial charge in [-0.1, -0.05) is 133 Å². The number of nitrogens with zero attached hydrogens (tertiary/aromatic N) is 3. The summed E-state index contributed by atoms with van der Waals surface area (Å²) in [5.74, 6) is 0. The van der Waals surface area contributed by atoms with Gasteiger partial charge >= 0.3 is 0 Å². The van der Waals surface area contributed by atoms with Crippen molar-refractivity contribution in [3.63, 3.8) is 0 Å². The first kappa shape index (κ1) is 28.0. The molecule has 0 aliphatic carbocycles. The number of benzene rings is 8. The highest BCUT2D eigenvalue weighted by atomic mass is 15.0. The second kappa shape index (κ2) is 10.8. The molecule has 0 saturated heterocycles. The summed E-state index contributed by atoms with van der Waals surface area (Å²) in [5.41, 5.74) is 13.1. The van der Waals surface area contributed by atoms with Gasteiger partial charge in [-0.2, -0.15) is 0 Å². The van der Waals surface area contributed by atoms with Gasteiger partial charge in [-0.3, -0.25) is 0 Å². The van der Waals surface area contributed by atoms with Crippen LogP contribution in [-0.2, 0) is 0 Å². The summed E-state index contributed by atoms with van der Waals surface area (Å²) in [7, 11) is 0. The molecule has 0 aliphatic heterocycles. The van der Waals surface area contributed by atoms with Crippen molar-refractivity contribution in [3.8, 4) is 28.2 Å². The van der Waals surface area contributed by atoms with E-state index in [1.165, 1.54) is 76.5 Å². The van der Waals surface area contributed by atoms with Gasteiger partial charge in [0.15, 0.2) is 0 Å². The third kappa shape index (κ3) is 3.94. The molecule has 3 nitrogen and oxygen atoms in total. The van der Waals surface area contributed by atoms with Crippen LogP contribution in [0.5, 0.6) is 0 Å². The van der Waals surface area contributed by atoms with Gasteiger partial charge in [0.1, 0.15) is 0 Å². The summed E-state index contributed by atoms with van der Waals surface area (Å²) >= 11 is 0. The molecule has 0 fully saturated rings. The molecule has 0 unspecified atom stereocenters. The van der Waals surface area contributed by atoms with Crippen molar-refractivity contribution in [2.75, 3.05) is 0 Å². The Kier molecular flexibility index (Phi) is 5.96. The van der Waals surface area contributed by atoms with Gasteiger partial charge in [0, 0.05) is 49.1 Å². The van der Waals surface area contributed by atoms with E-state index < -0.39 is 0 Å². The second-order valence-corrected chi connectivity index (χ2v) is 13.3. The third-order valence-corrected chi connectivity index (χ3v) is 10.6. The number of rotatable bonds is 4. The molecular formula is C48H31N3. The molecule has 11 aromatic rings. The van der Waals surface area contributed by atoms with E-state index in [9.17, 15) is 0 Å². The van der Waals surface area contributed by atoms with Crippen molar-refractivity contribution < 1.29 is 0 Å². The van der Waals surface area contributed by atoms with Crippen LogP contribution in [0.25, 0.3) is 93.6 Å². The number of aromatic nitrogens is 3. The molecule has 3 heterocycles. The number of hydrogen-bond acceptors (Lipinski definition) is 0. The average Bonchev–Trinajstić information content (AvgIpc) is 3.84. The fourth-order valence-corrected chi connectivity index (χ4v) is 8.59. The van der Waals surface area contributed by atoms with Gasteiger partial charge in [-0.25, -0.2) is 0 Å². The van der Waals surface area contributed by atoms with E-state index in [0.717, 1.165) is 17.1 Å². The lowest BCUT2D eigenvalue weighted by atomic mass is 10.0. The van der Waals surface area contributed by atoms with Crippen LogP contribution in [0.15, 0.2) is 188 Å². The van der Waals surface area contributed by atoms with Crippen molar-refractivity contribution in [1.29, 1.82) is 0 Å². The van der Waals surface area contributed by atoms with Crippen LogP contribution < -0.4 is 0 Å². The van der Waals surface area contributed by atoms with Gasteiger partial charge in [-0.15, -0.1) is 0 Å². The van der Waals surface area contributed by atoms with Crippen molar-refractivity contribution >= 4 is 65.4 Å². The smallest absolute Gasteiger partial charge is 0.0641 e. The highest BCUT2D eigenvalue weighted by Crippen LogP contribution is 2.44. The predicted molar refractivity (Wildman–Crippen MR) is 215 cm³/mol. The standard InChI is InChI=1S/C48H31N3/c1-2-16-32(17-3-1)49-40-24-10-8-22-37(40)38-30-31-46-47(48(38)49)39-23-9-15-29-45(39)51(46)44-28-14-7-21-36(44)35-20-6-13-27-43(35)50-41-25-11-4-18-33(41)34-19-5-12-26-42(34)50/h1-31H. The zero-order valence-electron chi connectivity index (χ0n) is 27.7. The molecule has 3 heteroatoms. The van der Waals surface area contributed by atoms with E-state index in [2.05, 4.69) is 202 Å². The minimum absolute atomic E-state index is 1.15. The highest BCUT2D eigenvalue weighted by Gasteiger charge is 2.23. The largest absolute Gasteiger partial charge is 0.309 e. The van der Waals surface area contributed by atoms with Crippen molar-refractivity contribution in [2.45, 2.75) is 0 Å². The van der Waals surface area contributed by atoms with Crippen LogP contribution in [0, 0.1) is 0 Å². The van der Waals surface area contributed by atoms with Crippen LogP contribution in [0.1, 0.15) is 0 Å². The summed E-state index contributed by atoms with van der Waals surface area (Å²) in [6, 6.07) is 68.4. The molecule has 0 aliphatic rings. The maximum Gasteiger partial charge on any atom is 0.0641 e. The summed E-state index contributed by atoms with van der Waals surface area (Å²) in [6.07, 6.45) is 0. The molecule has 0 spiro atoms. The number of para-hydroxylation sites is 7. The Morgan fingerprint density at radius 2 is 0.667 bits per heavy atom. The first-order valence-electron chi connectivity index (χ1n) is 17.5. The van der Waals surface area contributed by atoms with Crippen molar-refractivity contribution in [2.24, 2.45) is 0 Å². The molecule has 0 amide bonds. The average molecular weight is 650 g/mol.